The molecule has 112 valence electrons. The molecule has 1 rings (SSSR count). The zero-order chi connectivity index (χ0) is 15.5. The van der Waals surface area contributed by atoms with E-state index in [1.807, 2.05) is 20.8 Å². The molecule has 1 aromatic carbocycles. The summed E-state index contributed by atoms with van der Waals surface area (Å²) in [5.74, 6) is -4.33. The van der Waals surface area contributed by atoms with Gasteiger partial charge in [-0.3, -0.25) is 4.79 Å². The van der Waals surface area contributed by atoms with Crippen molar-refractivity contribution in [3.05, 3.63) is 35.1 Å². The quantitative estimate of drug-likeness (QED) is 0.815. The molecular weight excluding hydrogens is 335 g/mol. The molecule has 20 heavy (non-hydrogen) atoms. The van der Waals surface area contributed by atoms with E-state index in [1.54, 1.807) is 0 Å². The highest BCUT2D eigenvalue weighted by Crippen LogP contribution is 2.23. The lowest BCUT2D eigenvalue weighted by atomic mass is 9.85. The second-order valence-corrected chi connectivity index (χ2v) is 6.41. The Morgan fingerprint density at radius 3 is 2.15 bits per heavy atom. The van der Waals surface area contributed by atoms with Crippen molar-refractivity contribution in [3.8, 4) is 0 Å². The SMILES string of the molecule is CC(C)(C)C(CCBr)NC(=O)c1c(F)cc(F)cc1F. The van der Waals surface area contributed by atoms with Crippen molar-refractivity contribution in [2.75, 3.05) is 5.33 Å². The van der Waals surface area contributed by atoms with Crippen LogP contribution >= 0.6 is 15.9 Å². The molecule has 0 aromatic heterocycles. The van der Waals surface area contributed by atoms with Crippen LogP contribution in [-0.4, -0.2) is 17.3 Å². The lowest BCUT2D eigenvalue weighted by Crippen LogP contribution is -2.44. The molecule has 0 fully saturated rings. The van der Waals surface area contributed by atoms with Gasteiger partial charge in [-0.05, 0) is 11.8 Å². The first-order valence-corrected chi connectivity index (χ1v) is 7.30. The van der Waals surface area contributed by atoms with E-state index in [4.69, 9.17) is 0 Å². The van der Waals surface area contributed by atoms with Crippen molar-refractivity contribution in [2.24, 2.45) is 5.41 Å². The van der Waals surface area contributed by atoms with E-state index in [9.17, 15) is 18.0 Å². The fourth-order valence-electron chi connectivity index (χ4n) is 1.82. The number of carbonyl (C=O) groups is 1. The minimum Gasteiger partial charge on any atom is -0.349 e. The molecule has 1 N–H and O–H groups in total. The maximum Gasteiger partial charge on any atom is 0.257 e. The van der Waals surface area contributed by atoms with E-state index in [1.165, 1.54) is 0 Å². The summed E-state index contributed by atoms with van der Waals surface area (Å²) in [6.45, 7) is 5.74. The first-order valence-electron chi connectivity index (χ1n) is 6.18. The van der Waals surface area contributed by atoms with Crippen LogP contribution < -0.4 is 5.32 Å². The van der Waals surface area contributed by atoms with E-state index >= 15 is 0 Å². The highest BCUT2D eigenvalue weighted by Gasteiger charge is 2.28. The topological polar surface area (TPSA) is 29.1 Å². The monoisotopic (exact) mass is 351 g/mol. The molecule has 0 radical (unpaired) electrons. The summed E-state index contributed by atoms with van der Waals surface area (Å²) in [6.07, 6.45) is 0.611. The Hall–Kier alpha value is -1.04. The first-order chi connectivity index (χ1) is 9.16. The van der Waals surface area contributed by atoms with Crippen LogP contribution in [0.15, 0.2) is 12.1 Å². The van der Waals surface area contributed by atoms with Gasteiger partial charge in [0.05, 0.1) is 0 Å². The number of rotatable bonds is 4. The number of amides is 1. The Morgan fingerprint density at radius 2 is 1.75 bits per heavy atom. The van der Waals surface area contributed by atoms with Crippen molar-refractivity contribution in [3.63, 3.8) is 0 Å². The van der Waals surface area contributed by atoms with Crippen LogP contribution in [0, 0.1) is 22.9 Å². The molecule has 2 nitrogen and oxygen atoms in total. The zero-order valence-electron chi connectivity index (χ0n) is 11.6. The first kappa shape index (κ1) is 17.0. The molecule has 0 saturated carbocycles. The minimum atomic E-state index is -1.20. The van der Waals surface area contributed by atoms with E-state index in [2.05, 4.69) is 21.2 Å². The van der Waals surface area contributed by atoms with Gasteiger partial charge in [0.25, 0.3) is 5.91 Å². The van der Waals surface area contributed by atoms with Crippen LogP contribution in [0.3, 0.4) is 0 Å². The Bertz CT molecular complexity index is 477. The highest BCUT2D eigenvalue weighted by molar-refractivity contribution is 9.09. The van der Waals surface area contributed by atoms with Crippen LogP contribution in [-0.2, 0) is 0 Å². The van der Waals surface area contributed by atoms with Gasteiger partial charge in [0.2, 0.25) is 0 Å². The van der Waals surface area contributed by atoms with Gasteiger partial charge in [-0.2, -0.15) is 0 Å². The normalized spacial score (nSPS) is 13.2. The van der Waals surface area contributed by atoms with Gasteiger partial charge in [0, 0.05) is 23.5 Å². The fourth-order valence-corrected chi connectivity index (χ4v) is 2.28. The summed E-state index contributed by atoms with van der Waals surface area (Å²) in [5.41, 5.74) is -1.02. The van der Waals surface area contributed by atoms with Crippen molar-refractivity contribution < 1.29 is 18.0 Å². The van der Waals surface area contributed by atoms with E-state index in [0.717, 1.165) is 0 Å². The smallest absolute Gasteiger partial charge is 0.257 e. The molecule has 0 heterocycles. The Balaban J connectivity index is 3.01. The lowest BCUT2D eigenvalue weighted by molar-refractivity contribution is 0.0892. The van der Waals surface area contributed by atoms with Crippen LogP contribution in [0.5, 0.6) is 0 Å². The Morgan fingerprint density at radius 1 is 1.25 bits per heavy atom. The number of halogens is 4. The number of nitrogens with one attached hydrogen (secondary N) is 1. The summed E-state index contributed by atoms with van der Waals surface area (Å²) in [5, 5.41) is 3.25. The zero-order valence-corrected chi connectivity index (χ0v) is 13.2. The van der Waals surface area contributed by atoms with Gasteiger partial charge in [-0.15, -0.1) is 0 Å². The fraction of sp³-hybridized carbons (Fsp3) is 0.500. The molecule has 6 heteroatoms. The molecule has 0 spiro atoms. The Kier molecular flexibility index (Phi) is 5.62. The summed E-state index contributed by atoms with van der Waals surface area (Å²) >= 11 is 3.28. The number of hydrogen-bond donors (Lipinski definition) is 1. The molecule has 0 aliphatic heterocycles. The van der Waals surface area contributed by atoms with Gasteiger partial charge in [-0.25, -0.2) is 13.2 Å². The molecule has 0 saturated heterocycles. The second-order valence-electron chi connectivity index (χ2n) is 5.61. The van der Waals surface area contributed by atoms with Crippen LogP contribution in [0.4, 0.5) is 13.2 Å². The van der Waals surface area contributed by atoms with Crippen LogP contribution in [0.1, 0.15) is 37.6 Å². The van der Waals surface area contributed by atoms with Gasteiger partial charge in [-0.1, -0.05) is 36.7 Å². The highest BCUT2D eigenvalue weighted by atomic mass is 79.9. The molecule has 1 amide bonds. The molecule has 0 aliphatic carbocycles. The summed E-state index contributed by atoms with van der Waals surface area (Å²) in [7, 11) is 0. The van der Waals surface area contributed by atoms with E-state index in [-0.39, 0.29) is 11.5 Å². The lowest BCUT2D eigenvalue weighted by Gasteiger charge is -2.31. The third-order valence-corrected chi connectivity index (χ3v) is 3.44. The van der Waals surface area contributed by atoms with Gasteiger partial charge in [0.15, 0.2) is 0 Å². The standard InChI is InChI=1S/C14H17BrF3NO/c1-14(2,3)11(4-5-15)19-13(20)12-9(17)6-8(16)7-10(12)18/h6-7,11H,4-5H2,1-3H3,(H,19,20). The molecule has 1 atom stereocenters. The van der Waals surface area contributed by atoms with Gasteiger partial charge in [0.1, 0.15) is 23.0 Å². The van der Waals surface area contributed by atoms with Gasteiger partial charge >= 0.3 is 0 Å². The predicted octanol–water partition coefficient (Wildman–Crippen LogP) is 4.03. The van der Waals surface area contributed by atoms with Crippen LogP contribution in [0.2, 0.25) is 0 Å². The molecule has 0 bridgehead atoms. The van der Waals surface area contributed by atoms with E-state index < -0.39 is 28.9 Å². The third kappa shape index (κ3) is 4.23. The van der Waals surface area contributed by atoms with Crippen molar-refractivity contribution >= 4 is 21.8 Å². The van der Waals surface area contributed by atoms with Crippen LogP contribution in [0.25, 0.3) is 0 Å². The molecule has 1 aromatic rings. The molecule has 1 unspecified atom stereocenters. The molecule has 0 aliphatic rings. The number of carbonyl (C=O) groups excluding carboxylic acids is 1. The maximum absolute atomic E-state index is 13.5. The Labute approximate surface area is 124 Å². The van der Waals surface area contributed by atoms with Crippen molar-refractivity contribution in [1.82, 2.24) is 5.32 Å². The third-order valence-electron chi connectivity index (χ3n) is 2.98. The maximum atomic E-state index is 13.5. The number of hydrogen-bond acceptors (Lipinski definition) is 1. The van der Waals surface area contributed by atoms with E-state index in [0.29, 0.717) is 23.9 Å². The van der Waals surface area contributed by atoms with Gasteiger partial charge < -0.3 is 5.32 Å². The number of alkyl halides is 1. The van der Waals surface area contributed by atoms with Crippen molar-refractivity contribution in [1.29, 1.82) is 0 Å². The predicted molar refractivity (Wildman–Crippen MR) is 75.4 cm³/mol. The largest absolute Gasteiger partial charge is 0.349 e. The average molecular weight is 352 g/mol. The summed E-state index contributed by atoms with van der Waals surface area (Å²) < 4.78 is 39.9. The summed E-state index contributed by atoms with van der Waals surface area (Å²) in [6, 6.07) is 0.724. The number of benzene rings is 1. The second kappa shape index (κ2) is 6.61. The van der Waals surface area contributed by atoms with Crippen molar-refractivity contribution in [2.45, 2.75) is 33.2 Å². The minimum absolute atomic E-state index is 0.266. The molecular formula is C14H17BrF3NO. The summed E-state index contributed by atoms with van der Waals surface area (Å²) in [4.78, 5) is 12.0. The average Bonchev–Trinajstić information content (AvgIpc) is 2.25.